The third kappa shape index (κ3) is 6.35. The summed E-state index contributed by atoms with van der Waals surface area (Å²) in [6.45, 7) is 9.14. The number of sulfone groups is 1. The van der Waals surface area contributed by atoms with Crippen molar-refractivity contribution >= 4 is 21.4 Å². The Kier molecular flexibility index (Phi) is 8.93. The molecule has 3 atom stereocenters. The highest BCUT2D eigenvalue weighted by molar-refractivity contribution is 7.91. The molecule has 0 radical (unpaired) electrons. The van der Waals surface area contributed by atoms with Crippen molar-refractivity contribution in [2.45, 2.75) is 82.4 Å². The normalized spacial score (nSPS) is 18.6. The van der Waals surface area contributed by atoms with Gasteiger partial charge in [-0.3, -0.25) is 4.57 Å². The summed E-state index contributed by atoms with van der Waals surface area (Å²) in [6, 6.07) is 0. The van der Waals surface area contributed by atoms with Gasteiger partial charge in [0.1, 0.15) is 24.3 Å². The summed E-state index contributed by atoms with van der Waals surface area (Å²) in [5.41, 5.74) is -0.113. The van der Waals surface area contributed by atoms with Crippen molar-refractivity contribution in [3.05, 3.63) is 41.2 Å². The Balaban J connectivity index is 1.80. The SMILES string of the molecule is COc1ncnc(OC)c1-n1c(CS(=O)(=O)[C@@H](C)[C@@H](OC(C)C)c2ncc(Cl)cn2)nnc1[C@@H]1CCC(C)(C)O1. The molecule has 1 aliphatic heterocycles. The first kappa shape index (κ1) is 30.0. The lowest BCUT2D eigenvalue weighted by Crippen LogP contribution is -2.32. The number of hydrogen-bond acceptors (Lipinski definition) is 12. The van der Waals surface area contributed by atoms with Crippen LogP contribution in [0.5, 0.6) is 11.8 Å². The Morgan fingerprint density at radius 3 is 2.23 bits per heavy atom. The van der Waals surface area contributed by atoms with Gasteiger partial charge < -0.3 is 18.9 Å². The fraction of sp³-hybridized carbons (Fsp3) is 0.600. The summed E-state index contributed by atoms with van der Waals surface area (Å²) in [6.07, 6.45) is 3.83. The lowest BCUT2D eigenvalue weighted by atomic mass is 10.1. The minimum atomic E-state index is -3.94. The van der Waals surface area contributed by atoms with Crippen molar-refractivity contribution in [2.75, 3.05) is 14.2 Å². The van der Waals surface area contributed by atoms with E-state index in [0.29, 0.717) is 17.3 Å². The van der Waals surface area contributed by atoms with Crippen LogP contribution < -0.4 is 9.47 Å². The average molecular weight is 596 g/mol. The molecule has 0 spiro atoms. The fourth-order valence-electron chi connectivity index (χ4n) is 4.52. The van der Waals surface area contributed by atoms with Gasteiger partial charge in [0.05, 0.1) is 36.2 Å². The molecule has 3 aromatic heterocycles. The Morgan fingerprint density at radius 1 is 1.07 bits per heavy atom. The molecule has 3 aromatic rings. The van der Waals surface area contributed by atoms with Crippen LogP contribution in [-0.2, 0) is 25.1 Å². The van der Waals surface area contributed by atoms with Gasteiger partial charge in [0.25, 0.3) is 0 Å². The van der Waals surface area contributed by atoms with Crippen molar-refractivity contribution in [2.24, 2.45) is 0 Å². The van der Waals surface area contributed by atoms with Gasteiger partial charge in [-0.2, -0.15) is 9.97 Å². The third-order valence-electron chi connectivity index (χ3n) is 6.52. The Labute approximate surface area is 238 Å². The van der Waals surface area contributed by atoms with E-state index >= 15 is 0 Å². The first-order valence-corrected chi connectivity index (χ1v) is 14.9. The summed E-state index contributed by atoms with van der Waals surface area (Å²) in [7, 11) is -1.05. The van der Waals surface area contributed by atoms with E-state index in [2.05, 4.69) is 30.1 Å². The van der Waals surface area contributed by atoms with Crippen LogP contribution in [0.3, 0.4) is 0 Å². The summed E-state index contributed by atoms with van der Waals surface area (Å²) in [4.78, 5) is 16.9. The van der Waals surface area contributed by atoms with E-state index in [0.717, 1.165) is 6.42 Å². The third-order valence-corrected chi connectivity index (χ3v) is 8.75. The van der Waals surface area contributed by atoms with Gasteiger partial charge in [-0.25, -0.2) is 18.4 Å². The van der Waals surface area contributed by atoms with Crippen LogP contribution in [0.25, 0.3) is 5.69 Å². The molecular weight excluding hydrogens is 562 g/mol. The number of hydrogen-bond donors (Lipinski definition) is 0. The maximum absolute atomic E-state index is 13.9. The van der Waals surface area contributed by atoms with Crippen molar-refractivity contribution in [3.8, 4) is 17.4 Å². The smallest absolute Gasteiger partial charge is 0.245 e. The van der Waals surface area contributed by atoms with Gasteiger partial charge in [0.2, 0.25) is 11.8 Å². The van der Waals surface area contributed by atoms with Gasteiger partial charge in [-0.05, 0) is 47.5 Å². The quantitative estimate of drug-likeness (QED) is 0.318. The summed E-state index contributed by atoms with van der Waals surface area (Å²) >= 11 is 5.95. The summed E-state index contributed by atoms with van der Waals surface area (Å²) in [5.74, 6) is 0.537. The molecule has 13 nitrogen and oxygen atoms in total. The van der Waals surface area contributed by atoms with Crippen LogP contribution in [-0.4, -0.2) is 74.3 Å². The zero-order valence-electron chi connectivity index (χ0n) is 23.5. The molecule has 40 heavy (non-hydrogen) atoms. The van der Waals surface area contributed by atoms with Gasteiger partial charge in [0.15, 0.2) is 33.0 Å². The maximum atomic E-state index is 13.9. The molecule has 218 valence electrons. The lowest BCUT2D eigenvalue weighted by Gasteiger charge is -2.25. The monoisotopic (exact) mass is 595 g/mol. The molecule has 0 aliphatic carbocycles. The molecular formula is C25H34ClN7O6S. The average Bonchev–Trinajstić information content (AvgIpc) is 3.48. The van der Waals surface area contributed by atoms with Crippen LogP contribution in [0.4, 0.5) is 0 Å². The maximum Gasteiger partial charge on any atom is 0.245 e. The minimum absolute atomic E-state index is 0.113. The molecule has 0 unspecified atom stereocenters. The lowest BCUT2D eigenvalue weighted by molar-refractivity contribution is -0.0207. The molecule has 0 aromatic carbocycles. The highest BCUT2D eigenvalue weighted by Crippen LogP contribution is 2.41. The first-order chi connectivity index (χ1) is 18.9. The van der Waals surface area contributed by atoms with E-state index in [-0.39, 0.29) is 40.8 Å². The zero-order valence-corrected chi connectivity index (χ0v) is 25.1. The number of ether oxygens (including phenoxy) is 4. The number of methoxy groups -OCH3 is 2. The van der Waals surface area contributed by atoms with Gasteiger partial charge in [-0.15, -0.1) is 10.2 Å². The van der Waals surface area contributed by atoms with E-state index in [4.69, 9.17) is 30.5 Å². The number of rotatable bonds is 11. The second-order valence-electron chi connectivity index (χ2n) is 10.3. The van der Waals surface area contributed by atoms with E-state index < -0.39 is 33.0 Å². The van der Waals surface area contributed by atoms with Crippen LogP contribution >= 0.6 is 11.6 Å². The van der Waals surface area contributed by atoms with Crippen molar-refractivity contribution in [1.29, 1.82) is 0 Å². The highest BCUT2D eigenvalue weighted by Gasteiger charge is 2.40. The fourth-order valence-corrected chi connectivity index (χ4v) is 5.99. The van der Waals surface area contributed by atoms with Crippen LogP contribution in [0.15, 0.2) is 18.7 Å². The van der Waals surface area contributed by atoms with E-state index in [1.165, 1.54) is 32.9 Å². The van der Waals surface area contributed by atoms with E-state index in [9.17, 15) is 8.42 Å². The molecule has 15 heteroatoms. The Hall–Kier alpha value is -2.94. The van der Waals surface area contributed by atoms with Crippen LogP contribution in [0.1, 0.15) is 77.1 Å². The van der Waals surface area contributed by atoms with Gasteiger partial charge in [-0.1, -0.05) is 11.6 Å². The summed E-state index contributed by atoms with van der Waals surface area (Å²) < 4.78 is 52.6. The molecule has 0 bridgehead atoms. The Morgan fingerprint density at radius 2 is 1.70 bits per heavy atom. The van der Waals surface area contributed by atoms with Crippen LogP contribution in [0, 0.1) is 0 Å². The standard InChI is InChI=1S/C25H34ClN7O6S/c1-14(2)38-20(21-27-10-16(26)11-28-21)15(3)40(34,35)12-18-31-32-22(17-8-9-25(4,5)39-17)33(18)19-23(36-6)29-13-30-24(19)37-7/h10-11,13-15,17,20H,8-9,12H2,1-7H3/t15-,17-,20+/m0/s1. The van der Waals surface area contributed by atoms with Crippen molar-refractivity contribution < 1.29 is 27.4 Å². The highest BCUT2D eigenvalue weighted by atomic mass is 35.5. The van der Waals surface area contributed by atoms with Gasteiger partial charge >= 0.3 is 0 Å². The van der Waals surface area contributed by atoms with E-state index in [1.807, 2.05) is 27.7 Å². The topological polar surface area (TPSA) is 153 Å². The van der Waals surface area contributed by atoms with Crippen molar-refractivity contribution in [3.63, 3.8) is 0 Å². The Bertz CT molecular complexity index is 1410. The van der Waals surface area contributed by atoms with Crippen LogP contribution in [0.2, 0.25) is 5.02 Å². The minimum Gasteiger partial charge on any atom is -0.479 e. The summed E-state index contributed by atoms with van der Waals surface area (Å²) in [5, 5.41) is 7.96. The molecule has 0 amide bonds. The number of halogens is 1. The second-order valence-corrected chi connectivity index (χ2v) is 13.1. The number of nitrogens with zero attached hydrogens (tertiary/aromatic N) is 7. The van der Waals surface area contributed by atoms with E-state index in [1.54, 1.807) is 11.5 Å². The first-order valence-electron chi connectivity index (χ1n) is 12.8. The molecule has 0 N–H and O–H groups in total. The largest absolute Gasteiger partial charge is 0.479 e. The predicted molar refractivity (Wildman–Crippen MR) is 145 cm³/mol. The van der Waals surface area contributed by atoms with Gasteiger partial charge in [0, 0.05) is 12.4 Å². The van der Waals surface area contributed by atoms with Crippen molar-refractivity contribution in [1.82, 2.24) is 34.7 Å². The predicted octanol–water partition coefficient (Wildman–Crippen LogP) is 3.62. The molecule has 1 saturated heterocycles. The molecule has 1 aliphatic rings. The molecule has 1 fully saturated rings. The molecule has 4 heterocycles. The molecule has 0 saturated carbocycles. The zero-order chi connectivity index (χ0) is 29.2. The second kappa shape index (κ2) is 11.9. The number of aromatic nitrogens is 7. The molecule has 4 rings (SSSR count).